The summed E-state index contributed by atoms with van der Waals surface area (Å²) in [6.45, 7) is 5.98. The molecule has 0 atom stereocenters. The van der Waals surface area contributed by atoms with E-state index in [2.05, 4.69) is 4.90 Å². The van der Waals surface area contributed by atoms with Crippen LogP contribution in [0.25, 0.3) is 0 Å². The standard InChI is InChI=1S/C9H23N3O2/c1-13-8-9-14-7-6-12(4-2-10)5-3-11/h2-11H2,1H3. The molecule has 5 nitrogen and oxygen atoms in total. The molecule has 0 radical (unpaired) electrons. The van der Waals surface area contributed by atoms with Crippen LogP contribution in [0, 0.1) is 0 Å². The molecule has 0 rings (SSSR count). The molecule has 0 saturated carbocycles. The number of rotatable bonds is 10. The Morgan fingerprint density at radius 1 is 0.929 bits per heavy atom. The van der Waals surface area contributed by atoms with Crippen molar-refractivity contribution in [1.29, 1.82) is 0 Å². The summed E-state index contributed by atoms with van der Waals surface area (Å²) in [7, 11) is 1.67. The molecule has 0 aromatic rings. The number of nitrogens with zero attached hydrogens (tertiary/aromatic N) is 1. The van der Waals surface area contributed by atoms with Gasteiger partial charge in [0.25, 0.3) is 0 Å². The second kappa shape index (κ2) is 10.9. The summed E-state index contributed by atoms with van der Waals surface area (Å²) in [5.41, 5.74) is 10.9. The molecule has 86 valence electrons. The van der Waals surface area contributed by atoms with Crippen LogP contribution in [0.4, 0.5) is 0 Å². The summed E-state index contributed by atoms with van der Waals surface area (Å²) in [6.07, 6.45) is 0. The maximum atomic E-state index is 5.47. The minimum atomic E-state index is 0.647. The Morgan fingerprint density at radius 3 is 2.07 bits per heavy atom. The molecule has 0 aliphatic heterocycles. The van der Waals surface area contributed by atoms with Gasteiger partial charge >= 0.3 is 0 Å². The van der Waals surface area contributed by atoms with Gasteiger partial charge in [-0.05, 0) is 0 Å². The van der Waals surface area contributed by atoms with Crippen molar-refractivity contribution in [3.8, 4) is 0 Å². The van der Waals surface area contributed by atoms with E-state index in [4.69, 9.17) is 20.9 Å². The normalized spacial score (nSPS) is 11.1. The molecular formula is C9H23N3O2. The van der Waals surface area contributed by atoms with Crippen LogP contribution >= 0.6 is 0 Å². The van der Waals surface area contributed by atoms with Gasteiger partial charge in [-0.2, -0.15) is 0 Å². The van der Waals surface area contributed by atoms with Crippen LogP contribution < -0.4 is 11.5 Å². The van der Waals surface area contributed by atoms with Crippen molar-refractivity contribution in [2.45, 2.75) is 0 Å². The van der Waals surface area contributed by atoms with E-state index in [9.17, 15) is 0 Å². The maximum Gasteiger partial charge on any atom is 0.0700 e. The molecule has 0 heterocycles. The first-order chi connectivity index (χ1) is 6.85. The summed E-state index contributed by atoms with van der Waals surface area (Å²) < 4.78 is 10.2. The topological polar surface area (TPSA) is 73.7 Å². The van der Waals surface area contributed by atoms with Crippen LogP contribution in [0.1, 0.15) is 0 Å². The lowest BCUT2D eigenvalue weighted by atomic mass is 10.4. The molecule has 0 fully saturated rings. The minimum absolute atomic E-state index is 0.647. The lowest BCUT2D eigenvalue weighted by Crippen LogP contribution is -2.36. The van der Waals surface area contributed by atoms with Crippen LogP contribution in [-0.2, 0) is 9.47 Å². The molecule has 0 bridgehead atoms. The van der Waals surface area contributed by atoms with Gasteiger partial charge < -0.3 is 20.9 Å². The fourth-order valence-electron chi connectivity index (χ4n) is 1.14. The SMILES string of the molecule is COCCOCCN(CCN)CCN. The molecule has 0 aromatic carbocycles. The van der Waals surface area contributed by atoms with Crippen molar-refractivity contribution in [3.05, 3.63) is 0 Å². The third-order valence-electron chi connectivity index (χ3n) is 1.87. The zero-order valence-electron chi connectivity index (χ0n) is 9.08. The van der Waals surface area contributed by atoms with Crippen LogP contribution in [0.15, 0.2) is 0 Å². The Hall–Kier alpha value is -0.200. The maximum absolute atomic E-state index is 5.47. The Kier molecular flexibility index (Phi) is 10.7. The predicted molar refractivity (Wildman–Crippen MR) is 57.2 cm³/mol. The highest BCUT2D eigenvalue weighted by Crippen LogP contribution is 1.86. The Labute approximate surface area is 86.3 Å². The van der Waals surface area contributed by atoms with Gasteiger partial charge in [-0.1, -0.05) is 0 Å². The first-order valence-corrected chi connectivity index (χ1v) is 5.04. The lowest BCUT2D eigenvalue weighted by molar-refractivity contribution is 0.0580. The number of methoxy groups -OCH3 is 1. The van der Waals surface area contributed by atoms with Gasteiger partial charge in [-0.25, -0.2) is 0 Å². The fourth-order valence-corrected chi connectivity index (χ4v) is 1.14. The monoisotopic (exact) mass is 205 g/mol. The van der Waals surface area contributed by atoms with E-state index in [1.54, 1.807) is 7.11 Å². The largest absolute Gasteiger partial charge is 0.382 e. The third-order valence-corrected chi connectivity index (χ3v) is 1.87. The zero-order chi connectivity index (χ0) is 10.6. The summed E-state index contributed by atoms with van der Waals surface area (Å²) in [5.74, 6) is 0. The first kappa shape index (κ1) is 13.8. The van der Waals surface area contributed by atoms with Crippen molar-refractivity contribution >= 4 is 0 Å². The van der Waals surface area contributed by atoms with Crippen molar-refractivity contribution in [2.75, 3.05) is 59.7 Å². The molecule has 0 saturated heterocycles. The summed E-state index contributed by atoms with van der Waals surface area (Å²) in [6, 6.07) is 0. The third kappa shape index (κ3) is 8.40. The average molecular weight is 205 g/mol. The van der Waals surface area contributed by atoms with Gasteiger partial charge in [0.15, 0.2) is 0 Å². The van der Waals surface area contributed by atoms with Gasteiger partial charge in [-0.3, -0.25) is 4.90 Å². The highest BCUT2D eigenvalue weighted by molar-refractivity contribution is 4.57. The van der Waals surface area contributed by atoms with Gasteiger partial charge in [-0.15, -0.1) is 0 Å². The minimum Gasteiger partial charge on any atom is -0.382 e. The van der Waals surface area contributed by atoms with Crippen LogP contribution in [0.2, 0.25) is 0 Å². The molecule has 0 aliphatic carbocycles. The van der Waals surface area contributed by atoms with Crippen LogP contribution in [-0.4, -0.2) is 64.6 Å². The number of hydrogen-bond acceptors (Lipinski definition) is 5. The molecule has 5 heteroatoms. The van der Waals surface area contributed by atoms with Gasteiger partial charge in [0.05, 0.1) is 19.8 Å². The van der Waals surface area contributed by atoms with E-state index in [0.29, 0.717) is 32.9 Å². The summed E-state index contributed by atoms with van der Waals surface area (Å²) in [5, 5.41) is 0. The van der Waals surface area contributed by atoms with E-state index < -0.39 is 0 Å². The van der Waals surface area contributed by atoms with Crippen molar-refractivity contribution in [3.63, 3.8) is 0 Å². The van der Waals surface area contributed by atoms with E-state index >= 15 is 0 Å². The molecule has 0 aromatic heterocycles. The van der Waals surface area contributed by atoms with Gasteiger partial charge in [0.2, 0.25) is 0 Å². The molecule has 4 N–H and O–H groups in total. The van der Waals surface area contributed by atoms with E-state index in [1.165, 1.54) is 0 Å². The second-order valence-corrected chi connectivity index (χ2v) is 3.02. The molecule has 0 amide bonds. The zero-order valence-corrected chi connectivity index (χ0v) is 9.08. The van der Waals surface area contributed by atoms with Crippen LogP contribution in [0.3, 0.4) is 0 Å². The molecular weight excluding hydrogens is 182 g/mol. The van der Waals surface area contributed by atoms with Crippen molar-refractivity contribution in [2.24, 2.45) is 11.5 Å². The van der Waals surface area contributed by atoms with E-state index in [1.807, 2.05) is 0 Å². The number of nitrogens with two attached hydrogens (primary N) is 2. The van der Waals surface area contributed by atoms with E-state index in [0.717, 1.165) is 19.6 Å². The molecule has 0 unspecified atom stereocenters. The van der Waals surface area contributed by atoms with Crippen LogP contribution in [0.5, 0.6) is 0 Å². The lowest BCUT2D eigenvalue weighted by Gasteiger charge is -2.20. The average Bonchev–Trinajstić information content (AvgIpc) is 2.18. The van der Waals surface area contributed by atoms with Crippen molar-refractivity contribution < 1.29 is 9.47 Å². The van der Waals surface area contributed by atoms with Crippen molar-refractivity contribution in [1.82, 2.24) is 4.90 Å². The molecule has 0 aliphatic rings. The number of ether oxygens (including phenoxy) is 2. The Morgan fingerprint density at radius 2 is 1.57 bits per heavy atom. The predicted octanol–water partition coefficient (Wildman–Crippen LogP) is -1.13. The molecule has 14 heavy (non-hydrogen) atoms. The number of hydrogen-bond donors (Lipinski definition) is 2. The Bertz CT molecular complexity index is 108. The van der Waals surface area contributed by atoms with Gasteiger partial charge in [0, 0.05) is 39.8 Å². The highest BCUT2D eigenvalue weighted by Gasteiger charge is 2.01. The summed E-state index contributed by atoms with van der Waals surface area (Å²) in [4.78, 5) is 2.20. The smallest absolute Gasteiger partial charge is 0.0700 e. The Balaban J connectivity index is 3.30. The highest BCUT2D eigenvalue weighted by atomic mass is 16.5. The summed E-state index contributed by atoms with van der Waals surface area (Å²) >= 11 is 0. The molecule has 0 spiro atoms. The fraction of sp³-hybridized carbons (Fsp3) is 1.00. The van der Waals surface area contributed by atoms with E-state index in [-0.39, 0.29) is 0 Å². The van der Waals surface area contributed by atoms with Gasteiger partial charge in [0.1, 0.15) is 0 Å². The quantitative estimate of drug-likeness (QED) is 0.441. The second-order valence-electron chi connectivity index (χ2n) is 3.02. The first-order valence-electron chi connectivity index (χ1n) is 5.04.